The van der Waals surface area contributed by atoms with Crippen LogP contribution in [0.4, 0.5) is 13.2 Å². The number of hydrogen-bond acceptors (Lipinski definition) is 4. The van der Waals surface area contributed by atoms with E-state index in [2.05, 4.69) is 5.16 Å². The Bertz CT molecular complexity index is 564. The molecule has 4 N–H and O–H groups in total. The maximum absolute atomic E-state index is 13.6. The van der Waals surface area contributed by atoms with Gasteiger partial charge in [-0.2, -0.15) is 4.39 Å². The Labute approximate surface area is 111 Å². The normalized spacial score (nSPS) is 11.5. The number of carbonyl (C=O) groups is 1. The van der Waals surface area contributed by atoms with Crippen molar-refractivity contribution >= 4 is 11.7 Å². The number of aromatic hydroxyl groups is 1. The van der Waals surface area contributed by atoms with Gasteiger partial charge in [-0.3, -0.25) is 4.79 Å². The zero-order valence-corrected chi connectivity index (χ0v) is 10.4. The molecule has 0 aliphatic rings. The number of amidine groups is 1. The van der Waals surface area contributed by atoms with Crippen LogP contribution in [0.15, 0.2) is 11.2 Å². The summed E-state index contributed by atoms with van der Waals surface area (Å²) >= 11 is 0. The minimum absolute atomic E-state index is 0.0360. The van der Waals surface area contributed by atoms with E-state index in [0.29, 0.717) is 6.07 Å². The molecule has 1 amide bonds. The largest absolute Gasteiger partial charge is 0.503 e. The average molecular weight is 291 g/mol. The number of likely N-dealkylation sites (N-methyl/N-ethyl adjacent to an activating group) is 1. The Balaban J connectivity index is 3.20. The number of nitrogens with zero attached hydrogens (tertiary/aromatic N) is 2. The van der Waals surface area contributed by atoms with Crippen LogP contribution in [0.3, 0.4) is 0 Å². The molecule has 0 aromatic heterocycles. The van der Waals surface area contributed by atoms with E-state index in [1.165, 1.54) is 6.92 Å². The van der Waals surface area contributed by atoms with Gasteiger partial charge < -0.3 is 20.9 Å². The van der Waals surface area contributed by atoms with Crippen molar-refractivity contribution < 1.29 is 28.3 Å². The quantitative estimate of drug-likeness (QED) is 0.253. The first kappa shape index (κ1) is 15.6. The molecular weight excluding hydrogens is 279 g/mol. The molecule has 0 saturated heterocycles. The van der Waals surface area contributed by atoms with Gasteiger partial charge in [0.05, 0.1) is 12.1 Å². The molecule has 0 atom stereocenters. The second kappa shape index (κ2) is 6.13. The van der Waals surface area contributed by atoms with E-state index in [0.717, 1.165) is 4.90 Å². The van der Waals surface area contributed by atoms with E-state index in [1.54, 1.807) is 0 Å². The fraction of sp³-hybridized carbons (Fsp3) is 0.273. The van der Waals surface area contributed by atoms with E-state index in [4.69, 9.17) is 16.0 Å². The molecule has 0 heterocycles. The van der Waals surface area contributed by atoms with Gasteiger partial charge >= 0.3 is 0 Å². The number of phenols is 1. The third-order valence-corrected chi connectivity index (χ3v) is 2.51. The standard InChI is InChI=1S/C11H12F3N3O3/c1-2-17(4-7(15)16-20)11(19)5-3-6(12)9(14)10(18)8(5)13/h3,18,20H,2,4H2,1H3,(H2,15,16). The molecule has 0 unspecified atom stereocenters. The molecule has 0 bridgehead atoms. The maximum Gasteiger partial charge on any atom is 0.257 e. The van der Waals surface area contributed by atoms with Crippen molar-refractivity contribution in [2.75, 3.05) is 13.1 Å². The summed E-state index contributed by atoms with van der Waals surface area (Å²) in [5.41, 5.74) is 4.36. The van der Waals surface area contributed by atoms with Crippen LogP contribution in [0.25, 0.3) is 0 Å². The van der Waals surface area contributed by atoms with Gasteiger partial charge in [0.2, 0.25) is 5.82 Å². The van der Waals surface area contributed by atoms with Crippen molar-refractivity contribution in [3.8, 4) is 5.75 Å². The molecule has 9 heteroatoms. The molecule has 0 spiro atoms. The van der Waals surface area contributed by atoms with Crippen molar-refractivity contribution in [1.82, 2.24) is 4.90 Å². The first-order valence-corrected chi connectivity index (χ1v) is 5.45. The highest BCUT2D eigenvalue weighted by Crippen LogP contribution is 2.26. The molecule has 1 aromatic rings. The van der Waals surface area contributed by atoms with Crippen molar-refractivity contribution in [1.29, 1.82) is 0 Å². The summed E-state index contributed by atoms with van der Waals surface area (Å²) in [6.45, 7) is 1.21. The van der Waals surface area contributed by atoms with Crippen LogP contribution < -0.4 is 5.73 Å². The third kappa shape index (κ3) is 2.92. The Morgan fingerprint density at radius 1 is 1.40 bits per heavy atom. The first-order chi connectivity index (χ1) is 9.33. The van der Waals surface area contributed by atoms with Crippen LogP contribution in [-0.4, -0.2) is 40.0 Å². The number of phenolic OH excluding ortho intramolecular Hbond substituents is 1. The Kier molecular flexibility index (Phi) is 4.78. The minimum atomic E-state index is -1.78. The molecule has 6 nitrogen and oxygen atoms in total. The van der Waals surface area contributed by atoms with Gasteiger partial charge in [-0.05, 0) is 13.0 Å². The third-order valence-electron chi connectivity index (χ3n) is 2.51. The monoisotopic (exact) mass is 291 g/mol. The summed E-state index contributed by atoms with van der Waals surface area (Å²) in [4.78, 5) is 12.9. The molecular formula is C11H12F3N3O3. The average Bonchev–Trinajstić information content (AvgIpc) is 2.45. The van der Waals surface area contributed by atoms with Crippen LogP contribution in [0, 0.1) is 17.5 Å². The molecule has 110 valence electrons. The summed E-state index contributed by atoms with van der Waals surface area (Å²) in [5, 5.41) is 20.1. The summed E-state index contributed by atoms with van der Waals surface area (Å²) in [6.07, 6.45) is 0. The highest BCUT2D eigenvalue weighted by Gasteiger charge is 2.25. The van der Waals surface area contributed by atoms with Gasteiger partial charge in [-0.1, -0.05) is 5.16 Å². The van der Waals surface area contributed by atoms with Gasteiger partial charge in [0.25, 0.3) is 5.91 Å². The molecule has 20 heavy (non-hydrogen) atoms. The van der Waals surface area contributed by atoms with Gasteiger partial charge in [0.15, 0.2) is 23.2 Å². The number of hydrogen-bond donors (Lipinski definition) is 3. The smallest absolute Gasteiger partial charge is 0.257 e. The molecule has 0 fully saturated rings. The number of carbonyl (C=O) groups excluding carboxylic acids is 1. The Morgan fingerprint density at radius 2 is 2.00 bits per heavy atom. The Morgan fingerprint density at radius 3 is 2.50 bits per heavy atom. The fourth-order valence-corrected chi connectivity index (χ4v) is 1.47. The zero-order chi connectivity index (χ0) is 15.4. The zero-order valence-electron chi connectivity index (χ0n) is 10.4. The van der Waals surface area contributed by atoms with E-state index in [-0.39, 0.29) is 18.9 Å². The molecule has 0 saturated carbocycles. The van der Waals surface area contributed by atoms with Crippen LogP contribution in [0.2, 0.25) is 0 Å². The van der Waals surface area contributed by atoms with Crippen LogP contribution in [-0.2, 0) is 0 Å². The fourth-order valence-electron chi connectivity index (χ4n) is 1.47. The predicted molar refractivity (Wildman–Crippen MR) is 63.0 cm³/mol. The van der Waals surface area contributed by atoms with Crippen molar-refractivity contribution in [3.63, 3.8) is 0 Å². The number of benzene rings is 1. The second-order valence-corrected chi connectivity index (χ2v) is 3.79. The van der Waals surface area contributed by atoms with E-state index in [1.807, 2.05) is 0 Å². The van der Waals surface area contributed by atoms with E-state index in [9.17, 15) is 18.0 Å². The summed E-state index contributed by atoms with van der Waals surface area (Å²) < 4.78 is 39.6. The lowest BCUT2D eigenvalue weighted by molar-refractivity contribution is 0.0779. The van der Waals surface area contributed by atoms with Crippen molar-refractivity contribution in [2.45, 2.75) is 6.92 Å². The van der Waals surface area contributed by atoms with E-state index >= 15 is 0 Å². The number of halogens is 3. The van der Waals surface area contributed by atoms with Gasteiger partial charge in [0, 0.05) is 6.54 Å². The van der Waals surface area contributed by atoms with Crippen molar-refractivity contribution in [3.05, 3.63) is 29.1 Å². The van der Waals surface area contributed by atoms with E-state index < -0.39 is 34.7 Å². The van der Waals surface area contributed by atoms with Gasteiger partial charge in [-0.25, -0.2) is 8.78 Å². The molecule has 0 aliphatic carbocycles. The minimum Gasteiger partial charge on any atom is -0.503 e. The molecule has 1 aromatic carbocycles. The summed E-state index contributed by atoms with van der Waals surface area (Å²) in [6, 6.07) is 0.335. The van der Waals surface area contributed by atoms with Gasteiger partial charge in [-0.15, -0.1) is 0 Å². The van der Waals surface area contributed by atoms with Crippen LogP contribution >= 0.6 is 0 Å². The lowest BCUT2D eigenvalue weighted by atomic mass is 10.1. The first-order valence-electron chi connectivity index (χ1n) is 5.45. The second-order valence-electron chi connectivity index (χ2n) is 3.79. The molecule has 0 aliphatic heterocycles. The summed E-state index contributed by atoms with van der Waals surface area (Å²) in [7, 11) is 0. The Hall–Kier alpha value is -2.45. The SMILES string of the molecule is CCN(CC(N)=NO)C(=O)c1cc(F)c(F)c(O)c1F. The van der Waals surface area contributed by atoms with Gasteiger partial charge in [0.1, 0.15) is 0 Å². The van der Waals surface area contributed by atoms with Crippen molar-refractivity contribution in [2.24, 2.45) is 10.9 Å². The lowest BCUT2D eigenvalue weighted by Crippen LogP contribution is -2.38. The number of rotatable bonds is 4. The highest BCUT2D eigenvalue weighted by atomic mass is 19.2. The maximum atomic E-state index is 13.6. The van der Waals surface area contributed by atoms with Crippen LogP contribution in [0.1, 0.15) is 17.3 Å². The molecule has 1 rings (SSSR count). The topological polar surface area (TPSA) is 99.1 Å². The number of amides is 1. The lowest BCUT2D eigenvalue weighted by Gasteiger charge is -2.20. The number of nitrogens with two attached hydrogens (primary N) is 1. The molecule has 0 radical (unpaired) electrons. The van der Waals surface area contributed by atoms with Crippen LogP contribution in [0.5, 0.6) is 5.75 Å². The summed E-state index contributed by atoms with van der Waals surface area (Å²) in [5.74, 6) is -7.86. The number of oxime groups is 1. The predicted octanol–water partition coefficient (Wildman–Crippen LogP) is 1.02. The highest BCUT2D eigenvalue weighted by molar-refractivity contribution is 5.97.